The third-order valence-electron chi connectivity index (χ3n) is 18.0. The second-order valence-electron chi connectivity index (χ2n) is 33.2. The maximum atomic E-state index is 6.90. The van der Waals surface area contributed by atoms with Crippen molar-refractivity contribution in [3.05, 3.63) is 177 Å². The number of unbranched alkanes of at least 4 members (excludes halogenated alkanes) is 18. The Morgan fingerprint density at radius 3 is 0.653 bits per heavy atom. The molecule has 0 aliphatic heterocycles. The molecule has 6 aromatic carbocycles. The molecule has 95 heavy (non-hydrogen) atoms. The summed E-state index contributed by atoms with van der Waals surface area (Å²) in [5.41, 5.74) is 10.9. The molecule has 0 aliphatic rings. The first-order valence-corrected chi connectivity index (χ1v) is 39.4. The van der Waals surface area contributed by atoms with Gasteiger partial charge in [-0.15, -0.1) is 0 Å². The van der Waals surface area contributed by atoms with Crippen LogP contribution < -0.4 is 27.1 Å². The van der Waals surface area contributed by atoms with Gasteiger partial charge in [0.05, 0.1) is 0 Å². The van der Waals surface area contributed by atoms with E-state index in [0.717, 1.165) is 70.4 Å². The van der Waals surface area contributed by atoms with Gasteiger partial charge >= 0.3 is 17.2 Å². The van der Waals surface area contributed by atoms with Gasteiger partial charge in [0, 0.05) is 16.7 Å². The molecule has 6 nitrogen and oxygen atoms in total. The Bertz CT molecular complexity index is 2770. The van der Waals surface area contributed by atoms with Crippen LogP contribution in [0.1, 0.15) is 330 Å². The Hall–Kier alpha value is -5.02. The Morgan fingerprint density at radius 1 is 0.232 bits per heavy atom. The number of rotatable bonds is 36. The van der Waals surface area contributed by atoms with Crippen LogP contribution in [0.15, 0.2) is 127 Å². The fourth-order valence-corrected chi connectivity index (χ4v) is 13.7. The quantitative estimate of drug-likeness (QED) is 0.0289. The zero-order valence-corrected chi connectivity index (χ0v) is 65.7. The van der Waals surface area contributed by atoms with Gasteiger partial charge in [0.2, 0.25) is 0 Å². The summed E-state index contributed by atoms with van der Waals surface area (Å²) in [5, 5.41) is 0. The average Bonchev–Trinajstić information content (AvgIpc) is 0.797. The molecule has 8 heteroatoms. The second kappa shape index (κ2) is 38.9. The molecule has 6 aromatic rings. The first-order chi connectivity index (χ1) is 44.8. The predicted molar refractivity (Wildman–Crippen MR) is 414 cm³/mol. The zero-order chi connectivity index (χ0) is 69.9. The van der Waals surface area contributed by atoms with Crippen molar-refractivity contribution in [3.63, 3.8) is 0 Å². The third kappa shape index (κ3) is 29.5. The van der Waals surface area contributed by atoms with Crippen molar-refractivity contribution < 1.29 is 27.1 Å². The van der Waals surface area contributed by atoms with Crippen molar-refractivity contribution in [2.75, 3.05) is 0 Å². The summed E-state index contributed by atoms with van der Waals surface area (Å²) in [6.07, 6.45) is 31.3. The lowest BCUT2D eigenvalue weighted by Gasteiger charge is -2.31. The van der Waals surface area contributed by atoms with Crippen LogP contribution in [-0.4, -0.2) is 0 Å². The molecule has 0 saturated heterocycles. The van der Waals surface area contributed by atoms with E-state index in [1.807, 2.05) is 0 Å². The summed E-state index contributed by atoms with van der Waals surface area (Å²) in [6, 6.07) is 45.2. The highest BCUT2D eigenvalue weighted by Crippen LogP contribution is 2.51. The number of hydrogen-bond acceptors (Lipinski definition) is 6. The summed E-state index contributed by atoms with van der Waals surface area (Å²) in [4.78, 5) is 0. The Labute approximate surface area is 585 Å². The van der Waals surface area contributed by atoms with Crippen molar-refractivity contribution in [1.29, 1.82) is 0 Å². The molecule has 0 amide bonds. The molecule has 0 saturated carbocycles. The van der Waals surface area contributed by atoms with Crippen LogP contribution in [0.2, 0.25) is 0 Å². The highest BCUT2D eigenvalue weighted by molar-refractivity contribution is 7.43. The van der Waals surface area contributed by atoms with Crippen LogP contribution in [0.25, 0.3) is 0 Å². The van der Waals surface area contributed by atoms with E-state index in [0.29, 0.717) is 0 Å². The minimum absolute atomic E-state index is 0.0170. The van der Waals surface area contributed by atoms with E-state index < -0.39 is 17.2 Å². The first kappa shape index (κ1) is 80.7. The van der Waals surface area contributed by atoms with E-state index in [-0.39, 0.29) is 32.5 Å². The van der Waals surface area contributed by atoms with Gasteiger partial charge in [-0.25, -0.2) is 0 Å². The molecule has 0 fully saturated rings. The summed E-state index contributed by atoms with van der Waals surface area (Å²) in [7, 11) is -3.57. The van der Waals surface area contributed by atoms with Crippen LogP contribution in [0, 0.1) is 0 Å². The van der Waals surface area contributed by atoms with E-state index in [2.05, 4.69) is 273 Å². The number of benzene rings is 6. The van der Waals surface area contributed by atoms with E-state index in [4.69, 9.17) is 27.1 Å². The highest BCUT2D eigenvalue weighted by atomic mass is 31.2. The molecular weight excluding hydrogens is 1200 g/mol. The third-order valence-corrected chi connectivity index (χ3v) is 20.1. The molecule has 0 aromatic heterocycles. The Balaban J connectivity index is 0.000000345. The van der Waals surface area contributed by atoms with Gasteiger partial charge in [-0.2, -0.15) is 0 Å². The number of hydrogen-bond donors (Lipinski definition) is 0. The normalized spacial score (nSPS) is 12.4. The molecule has 0 bridgehead atoms. The van der Waals surface area contributed by atoms with Crippen molar-refractivity contribution in [3.8, 4) is 34.5 Å². The molecule has 0 atom stereocenters. The smallest absolute Gasteiger partial charge is 0.409 e. The van der Waals surface area contributed by atoms with Crippen molar-refractivity contribution in [2.45, 2.75) is 332 Å². The van der Waals surface area contributed by atoms with Crippen molar-refractivity contribution in [1.82, 2.24) is 0 Å². The molecule has 0 N–H and O–H groups in total. The van der Waals surface area contributed by atoms with Crippen LogP contribution >= 0.6 is 17.2 Å². The molecule has 0 aliphatic carbocycles. The minimum Gasteiger partial charge on any atom is -0.409 e. The molecule has 0 spiro atoms. The average molecular weight is 1340 g/mol. The maximum Gasteiger partial charge on any atom is 0.530 e. The molecule has 0 unspecified atom stereocenters. The summed E-state index contributed by atoms with van der Waals surface area (Å²) < 4.78 is 39.8. The molecule has 526 valence electrons. The Morgan fingerprint density at radius 2 is 0.442 bits per heavy atom. The van der Waals surface area contributed by atoms with Crippen molar-refractivity contribution in [2.24, 2.45) is 0 Å². The van der Waals surface area contributed by atoms with E-state index >= 15 is 0 Å². The molecule has 0 heterocycles. The fraction of sp³-hybridized carbons (Fsp3) is 0.586. The van der Waals surface area contributed by atoms with Gasteiger partial charge in [0.1, 0.15) is 34.5 Å². The summed E-state index contributed by atoms with van der Waals surface area (Å²) in [5.74, 6) is 4.71. The minimum atomic E-state index is -1.89. The van der Waals surface area contributed by atoms with E-state index in [9.17, 15) is 0 Å². The SMILES string of the molecule is CC(C)(C)c1ccc(OP(Oc2ccc(C(C)(C)C)cc2C(C)(C)C)Oc2ccc(C(C)(C)C)cc2C(C)(C)C)c(C(C)(C)C)c1.CCCCCCCCCc1ccc(OP(Oc2ccc(CCCCCCCCC)cc2)Oc2ccc(CCCCCCCCC)cc2)cc1. The summed E-state index contributed by atoms with van der Waals surface area (Å²) in [6.45, 7) is 47.2. The zero-order valence-electron chi connectivity index (χ0n) is 63.9. The molecule has 6 rings (SSSR count). The Kier molecular flexibility index (Phi) is 33.1. The van der Waals surface area contributed by atoms with Gasteiger partial charge < -0.3 is 27.1 Å². The van der Waals surface area contributed by atoms with Gasteiger partial charge in [-0.1, -0.05) is 334 Å². The van der Waals surface area contributed by atoms with E-state index in [1.165, 1.54) is 168 Å². The monoisotopic (exact) mass is 1330 g/mol. The standard InChI is InChI=1S/C45H69O3P.C42H63O3P/c1-4-7-10-13-16-19-22-25-40-28-34-43(35-29-40)46-49(47-44-36-30-41(31-37-44)26-23-20-17-14-11-8-5-2)48-45-38-32-42(33-39-45)27-24-21-18-15-12-9-6-3;1-37(2,3)28-19-22-34(31(25-28)40(10,11)12)43-46(44-35-23-20-29(38(4,5)6)26-32(35)41(13,14)15)45-36-24-21-30(39(7,8)9)27-33(36)42(16,17)18/h28-39H,4-27H2,1-3H3;19-27H,1-18H3. The van der Waals surface area contributed by atoms with E-state index in [1.54, 1.807) is 0 Å². The lowest BCUT2D eigenvalue weighted by Crippen LogP contribution is -2.20. The predicted octanol–water partition coefficient (Wildman–Crippen LogP) is 28.6. The highest BCUT2D eigenvalue weighted by Gasteiger charge is 2.33. The molecule has 0 radical (unpaired) electrons. The van der Waals surface area contributed by atoms with Crippen LogP contribution in [0.3, 0.4) is 0 Å². The van der Waals surface area contributed by atoms with Gasteiger partial charge in [0.25, 0.3) is 0 Å². The largest absolute Gasteiger partial charge is 0.530 e. The maximum absolute atomic E-state index is 6.90. The van der Waals surface area contributed by atoms with Gasteiger partial charge in [0.15, 0.2) is 0 Å². The lowest BCUT2D eigenvalue weighted by molar-refractivity contribution is 0.371. The first-order valence-electron chi connectivity index (χ1n) is 37.2. The second-order valence-corrected chi connectivity index (χ2v) is 35.2. The van der Waals surface area contributed by atoms with Gasteiger partial charge in [-0.3, -0.25) is 0 Å². The summed E-state index contributed by atoms with van der Waals surface area (Å²) >= 11 is 0. The molecular formula is C87H132O6P2. The van der Waals surface area contributed by atoms with Gasteiger partial charge in [-0.05, 0) is 159 Å². The van der Waals surface area contributed by atoms with Crippen LogP contribution in [-0.2, 0) is 51.8 Å². The van der Waals surface area contributed by atoms with Crippen LogP contribution in [0.5, 0.6) is 34.5 Å². The fourth-order valence-electron chi connectivity index (χ4n) is 11.6. The van der Waals surface area contributed by atoms with Crippen molar-refractivity contribution >= 4 is 17.2 Å². The lowest BCUT2D eigenvalue weighted by atomic mass is 9.80. The number of aryl methyl sites for hydroxylation is 3. The van der Waals surface area contributed by atoms with Crippen LogP contribution in [0.4, 0.5) is 0 Å². The topological polar surface area (TPSA) is 55.4 Å².